The van der Waals surface area contributed by atoms with E-state index in [0.29, 0.717) is 20.4 Å². The second-order valence-corrected chi connectivity index (χ2v) is 8.25. The molecule has 5 nitrogen and oxygen atoms in total. The predicted molar refractivity (Wildman–Crippen MR) is 108 cm³/mol. The first kappa shape index (κ1) is 20.1. The quantitative estimate of drug-likeness (QED) is 0.329. The van der Waals surface area contributed by atoms with Crippen LogP contribution in [0.25, 0.3) is 15.9 Å². The van der Waals surface area contributed by atoms with Crippen LogP contribution in [0.3, 0.4) is 0 Å². The van der Waals surface area contributed by atoms with Gasteiger partial charge in [-0.25, -0.2) is 14.6 Å². The number of aryl methyl sites for hydroxylation is 1. The second kappa shape index (κ2) is 7.58. The standard InChI is InChI=1S/C18H11BrClF3N4OS/c1-9-4-5-27(26-9)13-6-10(20)2-3-11(13)16(18(21,22)23)28-17-15-14(24-8-25-17)12(19)7-29-15/h2-8,16H,1H3. The molecule has 3 heterocycles. The molecule has 0 spiro atoms. The summed E-state index contributed by atoms with van der Waals surface area (Å²) in [6.45, 7) is 1.74. The van der Waals surface area contributed by atoms with Crippen LogP contribution in [0.2, 0.25) is 5.02 Å². The third-order valence-electron chi connectivity index (χ3n) is 4.05. The Bertz CT molecular complexity index is 1190. The Hall–Kier alpha value is -2.17. The molecule has 1 aromatic carbocycles. The molecule has 4 rings (SSSR count). The van der Waals surface area contributed by atoms with E-state index in [2.05, 4.69) is 31.0 Å². The summed E-state index contributed by atoms with van der Waals surface area (Å²) in [6.07, 6.45) is -4.26. The Morgan fingerprint density at radius 3 is 2.72 bits per heavy atom. The Morgan fingerprint density at radius 1 is 1.24 bits per heavy atom. The molecule has 150 valence electrons. The van der Waals surface area contributed by atoms with Crippen molar-refractivity contribution in [1.82, 2.24) is 19.7 Å². The molecule has 3 aromatic heterocycles. The Labute approximate surface area is 180 Å². The van der Waals surface area contributed by atoms with Gasteiger partial charge in [0.15, 0.2) is 0 Å². The van der Waals surface area contributed by atoms with Crippen molar-refractivity contribution in [2.45, 2.75) is 19.2 Å². The topological polar surface area (TPSA) is 52.8 Å². The summed E-state index contributed by atoms with van der Waals surface area (Å²) >= 11 is 10.6. The van der Waals surface area contributed by atoms with Gasteiger partial charge in [-0.2, -0.15) is 18.3 Å². The lowest BCUT2D eigenvalue weighted by Gasteiger charge is -2.24. The van der Waals surface area contributed by atoms with Crippen molar-refractivity contribution in [1.29, 1.82) is 0 Å². The second-order valence-electron chi connectivity index (χ2n) is 6.08. The van der Waals surface area contributed by atoms with E-state index in [4.69, 9.17) is 16.3 Å². The average Bonchev–Trinajstić information content (AvgIpc) is 3.26. The Morgan fingerprint density at radius 2 is 2.03 bits per heavy atom. The highest BCUT2D eigenvalue weighted by Gasteiger charge is 2.45. The van der Waals surface area contributed by atoms with Crippen LogP contribution in [0.1, 0.15) is 17.4 Å². The SMILES string of the molecule is Cc1ccn(-c2cc(Cl)ccc2C(Oc2ncnc3c(Br)csc23)C(F)(F)F)n1. The molecule has 4 aromatic rings. The number of alkyl halides is 3. The fourth-order valence-electron chi connectivity index (χ4n) is 2.79. The van der Waals surface area contributed by atoms with Gasteiger partial charge < -0.3 is 4.74 Å². The van der Waals surface area contributed by atoms with Gasteiger partial charge in [0.25, 0.3) is 0 Å². The predicted octanol–water partition coefficient (Wildman–Crippen LogP) is 6.28. The maximum atomic E-state index is 14.1. The van der Waals surface area contributed by atoms with Gasteiger partial charge in [-0.05, 0) is 41.1 Å². The number of ether oxygens (including phenoxy) is 1. The average molecular weight is 504 g/mol. The van der Waals surface area contributed by atoms with Gasteiger partial charge in [-0.3, -0.25) is 0 Å². The number of hydrogen-bond acceptors (Lipinski definition) is 5. The number of aromatic nitrogens is 4. The van der Waals surface area contributed by atoms with Crippen molar-refractivity contribution in [2.24, 2.45) is 0 Å². The third kappa shape index (κ3) is 3.96. The van der Waals surface area contributed by atoms with Crippen molar-refractivity contribution in [3.63, 3.8) is 0 Å². The molecule has 1 atom stereocenters. The molecular formula is C18H11BrClF3N4OS. The van der Waals surface area contributed by atoms with Gasteiger partial charge in [-0.15, -0.1) is 11.3 Å². The molecule has 0 saturated heterocycles. The highest BCUT2D eigenvalue weighted by molar-refractivity contribution is 9.10. The minimum Gasteiger partial charge on any atom is -0.459 e. The van der Waals surface area contributed by atoms with Gasteiger partial charge in [-0.1, -0.05) is 17.7 Å². The lowest BCUT2D eigenvalue weighted by molar-refractivity contribution is -0.198. The summed E-state index contributed by atoms with van der Waals surface area (Å²) in [5.74, 6) is -0.148. The smallest absolute Gasteiger partial charge is 0.429 e. The molecule has 11 heteroatoms. The fourth-order valence-corrected chi connectivity index (χ4v) is 4.48. The zero-order chi connectivity index (χ0) is 20.8. The lowest BCUT2D eigenvalue weighted by atomic mass is 10.1. The monoisotopic (exact) mass is 502 g/mol. The van der Waals surface area contributed by atoms with Gasteiger partial charge >= 0.3 is 6.18 Å². The van der Waals surface area contributed by atoms with Gasteiger partial charge in [0, 0.05) is 22.2 Å². The summed E-state index contributed by atoms with van der Waals surface area (Å²) < 4.78 is 50.0. The summed E-state index contributed by atoms with van der Waals surface area (Å²) in [6, 6.07) is 5.78. The number of thiophene rings is 1. The Kier molecular flexibility index (Phi) is 5.26. The molecule has 0 aliphatic carbocycles. The molecule has 0 N–H and O–H groups in total. The number of fused-ring (bicyclic) bond motifs is 1. The van der Waals surface area contributed by atoms with E-state index in [1.807, 2.05) is 0 Å². The molecule has 0 fully saturated rings. The summed E-state index contributed by atoms with van der Waals surface area (Å²) in [5, 5.41) is 6.21. The number of nitrogens with zero attached hydrogens (tertiary/aromatic N) is 4. The van der Waals surface area contributed by atoms with Crippen LogP contribution in [0.15, 0.2) is 46.6 Å². The van der Waals surface area contributed by atoms with E-state index in [-0.39, 0.29) is 22.2 Å². The summed E-state index contributed by atoms with van der Waals surface area (Å²) in [4.78, 5) is 8.01. The van der Waals surface area contributed by atoms with Gasteiger partial charge in [0.05, 0.1) is 15.9 Å². The maximum absolute atomic E-state index is 14.1. The highest BCUT2D eigenvalue weighted by atomic mass is 79.9. The van der Waals surface area contributed by atoms with Crippen LogP contribution < -0.4 is 4.74 Å². The van der Waals surface area contributed by atoms with E-state index >= 15 is 0 Å². The number of benzene rings is 1. The van der Waals surface area contributed by atoms with E-state index < -0.39 is 12.3 Å². The van der Waals surface area contributed by atoms with Gasteiger partial charge in [0.1, 0.15) is 16.5 Å². The van der Waals surface area contributed by atoms with Crippen LogP contribution in [-0.2, 0) is 0 Å². The van der Waals surface area contributed by atoms with Crippen LogP contribution in [0.5, 0.6) is 5.88 Å². The van der Waals surface area contributed by atoms with E-state index in [1.165, 1.54) is 40.5 Å². The van der Waals surface area contributed by atoms with Crippen molar-refractivity contribution in [2.75, 3.05) is 0 Å². The minimum atomic E-state index is -4.71. The molecule has 29 heavy (non-hydrogen) atoms. The van der Waals surface area contributed by atoms with E-state index in [9.17, 15) is 13.2 Å². The van der Waals surface area contributed by atoms with Crippen LogP contribution >= 0.6 is 38.9 Å². The highest BCUT2D eigenvalue weighted by Crippen LogP contribution is 2.42. The van der Waals surface area contributed by atoms with Crippen LogP contribution in [0, 0.1) is 6.92 Å². The first-order chi connectivity index (χ1) is 13.7. The first-order valence-corrected chi connectivity index (χ1v) is 10.2. The molecule has 0 amide bonds. The molecule has 0 bridgehead atoms. The van der Waals surface area contributed by atoms with Crippen molar-refractivity contribution in [3.05, 3.63) is 62.9 Å². The first-order valence-electron chi connectivity index (χ1n) is 8.17. The van der Waals surface area contributed by atoms with Crippen molar-refractivity contribution >= 4 is 49.1 Å². The number of rotatable bonds is 4. The van der Waals surface area contributed by atoms with Crippen molar-refractivity contribution in [3.8, 4) is 11.6 Å². The molecule has 0 aliphatic heterocycles. The number of halogens is 5. The minimum absolute atomic E-state index is 0.132. The normalized spacial score (nSPS) is 13.0. The van der Waals surface area contributed by atoms with Crippen LogP contribution in [-0.4, -0.2) is 25.9 Å². The molecule has 1 unspecified atom stereocenters. The van der Waals surface area contributed by atoms with E-state index in [1.54, 1.807) is 24.6 Å². The zero-order valence-electron chi connectivity index (χ0n) is 14.6. The molecule has 0 saturated carbocycles. The summed E-state index contributed by atoms with van der Waals surface area (Å²) in [7, 11) is 0. The van der Waals surface area contributed by atoms with E-state index in [0.717, 1.165) is 0 Å². The maximum Gasteiger partial charge on any atom is 0.429 e. The molecule has 0 aliphatic rings. The summed E-state index contributed by atoms with van der Waals surface area (Å²) in [5.41, 5.74) is 1.18. The third-order valence-corrected chi connectivity index (χ3v) is 6.15. The number of hydrogen-bond donors (Lipinski definition) is 0. The zero-order valence-corrected chi connectivity index (χ0v) is 17.8. The van der Waals surface area contributed by atoms with Crippen LogP contribution in [0.4, 0.5) is 13.2 Å². The molecule has 0 radical (unpaired) electrons. The Balaban J connectivity index is 1.85. The lowest BCUT2D eigenvalue weighted by Crippen LogP contribution is -2.27. The largest absolute Gasteiger partial charge is 0.459 e. The van der Waals surface area contributed by atoms with Crippen molar-refractivity contribution < 1.29 is 17.9 Å². The van der Waals surface area contributed by atoms with Gasteiger partial charge in [0.2, 0.25) is 12.0 Å². The fraction of sp³-hybridized carbons (Fsp3) is 0.167. The molecular weight excluding hydrogens is 493 g/mol.